The van der Waals surface area contributed by atoms with Gasteiger partial charge in [-0.05, 0) is 61.7 Å². The zero-order valence-corrected chi connectivity index (χ0v) is 17.9. The minimum atomic E-state index is -3.79. The molecule has 2 aromatic rings. The summed E-state index contributed by atoms with van der Waals surface area (Å²) >= 11 is 12.2. The molecule has 0 unspecified atom stereocenters. The van der Waals surface area contributed by atoms with Crippen molar-refractivity contribution in [2.75, 3.05) is 15.9 Å². The lowest BCUT2D eigenvalue weighted by Gasteiger charge is -2.30. The summed E-state index contributed by atoms with van der Waals surface area (Å²) in [5.74, 6) is -0.442. The van der Waals surface area contributed by atoms with E-state index in [0.29, 0.717) is 10.7 Å². The van der Waals surface area contributed by atoms with Gasteiger partial charge in [-0.2, -0.15) is 0 Å². The molecule has 0 aromatic heterocycles. The van der Waals surface area contributed by atoms with E-state index in [-0.39, 0.29) is 17.1 Å². The molecule has 0 spiro atoms. The molecular formula is C19H22Cl2N2O3S. The number of nitrogens with zero attached hydrogens (tertiary/aromatic N) is 1. The largest absolute Gasteiger partial charge is 0.324 e. The maximum Gasteiger partial charge on any atom is 0.248 e. The fourth-order valence-corrected chi connectivity index (χ4v) is 4.38. The van der Waals surface area contributed by atoms with E-state index in [0.717, 1.165) is 21.7 Å². The molecule has 1 atom stereocenters. The lowest BCUT2D eigenvalue weighted by molar-refractivity contribution is -0.117. The van der Waals surface area contributed by atoms with Crippen molar-refractivity contribution in [3.63, 3.8) is 0 Å². The summed E-state index contributed by atoms with van der Waals surface area (Å²) in [6, 6.07) is 9.05. The second-order valence-corrected chi connectivity index (χ2v) is 9.07. The van der Waals surface area contributed by atoms with Gasteiger partial charge in [-0.1, -0.05) is 36.2 Å². The van der Waals surface area contributed by atoms with Crippen LogP contribution in [0.25, 0.3) is 0 Å². The van der Waals surface area contributed by atoms with Crippen LogP contribution in [-0.4, -0.2) is 26.6 Å². The molecule has 0 aliphatic carbocycles. The van der Waals surface area contributed by atoms with Gasteiger partial charge in [-0.3, -0.25) is 9.10 Å². The normalized spacial score (nSPS) is 12.5. The maximum absolute atomic E-state index is 12.9. The molecule has 0 saturated heterocycles. The average molecular weight is 429 g/mol. The monoisotopic (exact) mass is 428 g/mol. The van der Waals surface area contributed by atoms with Crippen molar-refractivity contribution in [3.05, 3.63) is 57.6 Å². The molecule has 27 heavy (non-hydrogen) atoms. The first-order valence-electron chi connectivity index (χ1n) is 8.37. The third-order valence-corrected chi connectivity index (χ3v) is 5.97. The van der Waals surface area contributed by atoms with Crippen molar-refractivity contribution in [2.24, 2.45) is 0 Å². The van der Waals surface area contributed by atoms with Gasteiger partial charge in [0.15, 0.2) is 0 Å². The smallest absolute Gasteiger partial charge is 0.248 e. The topological polar surface area (TPSA) is 66.5 Å². The van der Waals surface area contributed by atoms with Crippen molar-refractivity contribution < 1.29 is 13.2 Å². The second kappa shape index (κ2) is 8.50. The Morgan fingerprint density at radius 1 is 1.11 bits per heavy atom. The van der Waals surface area contributed by atoms with Crippen LogP contribution in [0.4, 0.5) is 11.4 Å². The zero-order chi connectivity index (χ0) is 20.4. The molecule has 2 aromatic carbocycles. The van der Waals surface area contributed by atoms with Crippen molar-refractivity contribution in [1.29, 1.82) is 0 Å². The van der Waals surface area contributed by atoms with E-state index < -0.39 is 22.0 Å². The summed E-state index contributed by atoms with van der Waals surface area (Å²) in [7, 11) is -3.79. The molecule has 8 heteroatoms. The van der Waals surface area contributed by atoms with Gasteiger partial charge < -0.3 is 5.32 Å². The lowest BCUT2D eigenvalue weighted by Crippen LogP contribution is -2.47. The molecule has 1 N–H and O–H groups in total. The van der Waals surface area contributed by atoms with E-state index in [2.05, 4.69) is 5.32 Å². The highest BCUT2D eigenvalue weighted by molar-refractivity contribution is 7.92. The third kappa shape index (κ3) is 5.15. The van der Waals surface area contributed by atoms with E-state index in [4.69, 9.17) is 23.2 Å². The van der Waals surface area contributed by atoms with Crippen LogP contribution in [0.5, 0.6) is 0 Å². The first kappa shape index (κ1) is 21.5. The van der Waals surface area contributed by atoms with Crippen LogP contribution >= 0.6 is 23.2 Å². The predicted octanol–water partition coefficient (Wildman–Crippen LogP) is 4.79. The molecule has 0 fully saturated rings. The summed E-state index contributed by atoms with van der Waals surface area (Å²) in [5, 5.41) is 3.32. The van der Waals surface area contributed by atoms with Gasteiger partial charge >= 0.3 is 0 Å². The van der Waals surface area contributed by atoms with Crippen LogP contribution in [0.15, 0.2) is 36.4 Å². The van der Waals surface area contributed by atoms with Gasteiger partial charge in [-0.15, -0.1) is 0 Å². The summed E-state index contributed by atoms with van der Waals surface area (Å²) in [4.78, 5) is 12.9. The number of nitrogens with one attached hydrogen (secondary N) is 1. The Morgan fingerprint density at radius 3 is 2.33 bits per heavy atom. The summed E-state index contributed by atoms with van der Waals surface area (Å²) in [6.07, 6.45) is 1.29. The average Bonchev–Trinajstić information content (AvgIpc) is 2.57. The Labute approximate surface area is 170 Å². The quantitative estimate of drug-likeness (QED) is 0.718. The fraction of sp³-hybridized carbons (Fsp3) is 0.316. The number of amides is 1. The number of benzene rings is 2. The summed E-state index contributed by atoms with van der Waals surface area (Å²) in [6.45, 7) is 5.65. The second-order valence-electron chi connectivity index (χ2n) is 6.37. The Balaban J connectivity index is 2.44. The van der Waals surface area contributed by atoms with Crippen LogP contribution in [0.1, 0.15) is 24.5 Å². The summed E-state index contributed by atoms with van der Waals surface area (Å²) in [5.41, 5.74) is 2.91. The minimum Gasteiger partial charge on any atom is -0.324 e. The highest BCUT2D eigenvalue weighted by Gasteiger charge is 2.33. The Hall–Kier alpha value is -1.76. The van der Waals surface area contributed by atoms with Gasteiger partial charge in [0.05, 0.1) is 17.0 Å². The molecule has 0 aliphatic rings. The van der Waals surface area contributed by atoms with Crippen LogP contribution in [0.2, 0.25) is 10.0 Å². The van der Waals surface area contributed by atoms with Crippen LogP contribution in [-0.2, 0) is 14.8 Å². The highest BCUT2D eigenvalue weighted by Crippen LogP contribution is 2.33. The van der Waals surface area contributed by atoms with Gasteiger partial charge in [-0.25, -0.2) is 8.42 Å². The molecule has 1 amide bonds. The van der Waals surface area contributed by atoms with E-state index in [1.807, 2.05) is 26.0 Å². The van der Waals surface area contributed by atoms with Crippen LogP contribution in [0, 0.1) is 13.8 Å². The number of carbonyl (C=O) groups is 1. The molecule has 0 bridgehead atoms. The minimum absolute atomic E-state index is 0.175. The number of carbonyl (C=O) groups excluding carboxylic acids is 1. The lowest BCUT2D eigenvalue weighted by atomic mass is 10.1. The number of sulfonamides is 1. The van der Waals surface area contributed by atoms with E-state index in [1.54, 1.807) is 19.1 Å². The van der Waals surface area contributed by atoms with Gasteiger partial charge in [0, 0.05) is 10.7 Å². The van der Waals surface area contributed by atoms with E-state index in [9.17, 15) is 13.2 Å². The SMILES string of the molecule is CC[C@@H](C(=O)Nc1ccc(C)c(C)c1)N(c1cc(Cl)ccc1Cl)S(C)(=O)=O. The van der Waals surface area contributed by atoms with E-state index >= 15 is 0 Å². The molecule has 0 heterocycles. The zero-order valence-electron chi connectivity index (χ0n) is 15.6. The molecule has 0 radical (unpaired) electrons. The van der Waals surface area contributed by atoms with Crippen molar-refractivity contribution in [1.82, 2.24) is 0 Å². The Morgan fingerprint density at radius 2 is 1.78 bits per heavy atom. The van der Waals surface area contributed by atoms with Gasteiger partial charge in [0.1, 0.15) is 6.04 Å². The molecule has 0 saturated carbocycles. The number of anilines is 2. The highest BCUT2D eigenvalue weighted by atomic mass is 35.5. The van der Waals surface area contributed by atoms with Gasteiger partial charge in [0.25, 0.3) is 0 Å². The van der Waals surface area contributed by atoms with Crippen molar-refractivity contribution in [3.8, 4) is 0 Å². The van der Waals surface area contributed by atoms with E-state index in [1.165, 1.54) is 12.1 Å². The molecule has 5 nitrogen and oxygen atoms in total. The third-order valence-electron chi connectivity index (χ3n) is 4.25. The Kier molecular flexibility index (Phi) is 6.78. The van der Waals surface area contributed by atoms with Crippen molar-refractivity contribution in [2.45, 2.75) is 33.2 Å². The fourth-order valence-electron chi connectivity index (χ4n) is 2.73. The first-order chi connectivity index (χ1) is 12.5. The maximum atomic E-state index is 12.9. The Bertz CT molecular complexity index is 961. The first-order valence-corrected chi connectivity index (χ1v) is 11.0. The molecule has 0 aliphatic heterocycles. The predicted molar refractivity (Wildman–Crippen MR) is 112 cm³/mol. The van der Waals surface area contributed by atoms with Gasteiger partial charge in [0.2, 0.25) is 15.9 Å². The van der Waals surface area contributed by atoms with Crippen molar-refractivity contribution >= 4 is 50.5 Å². The molecular weight excluding hydrogens is 407 g/mol. The van der Waals surface area contributed by atoms with Crippen LogP contribution < -0.4 is 9.62 Å². The number of aryl methyl sites for hydroxylation is 2. The molecule has 146 valence electrons. The number of rotatable bonds is 6. The number of hydrogen-bond donors (Lipinski definition) is 1. The summed E-state index contributed by atoms with van der Waals surface area (Å²) < 4.78 is 26.0. The number of halogens is 2. The van der Waals surface area contributed by atoms with Crippen LogP contribution in [0.3, 0.4) is 0 Å². The number of hydrogen-bond acceptors (Lipinski definition) is 3. The molecule has 2 rings (SSSR count). The standard InChI is InChI=1S/C19H22Cl2N2O3S/c1-5-17(19(24)22-15-8-6-12(2)13(3)10-15)23(27(4,25)26)18-11-14(20)7-9-16(18)21/h6-11,17H,5H2,1-4H3,(H,22,24)/t17-/m0/s1.